The highest BCUT2D eigenvalue weighted by Gasteiger charge is 2.05. The van der Waals surface area contributed by atoms with Gasteiger partial charge in [-0.1, -0.05) is 26.0 Å². The van der Waals surface area contributed by atoms with E-state index in [4.69, 9.17) is 5.73 Å². The fraction of sp³-hybridized carbons (Fsp3) is 0.600. The Hall–Kier alpha value is -1.22. The Bertz CT molecular complexity index is 334. The molecular weight excluding hydrogens is 222 g/mol. The Kier molecular flexibility index (Phi) is 6.58. The molecule has 0 amide bonds. The number of anilines is 2. The molecule has 1 rings (SSSR count). The average Bonchev–Trinajstić information content (AvgIpc) is 2.37. The van der Waals surface area contributed by atoms with Crippen LogP contribution in [0, 0.1) is 0 Å². The summed E-state index contributed by atoms with van der Waals surface area (Å²) in [5.41, 5.74) is 7.79. The quantitative estimate of drug-likeness (QED) is 0.695. The summed E-state index contributed by atoms with van der Waals surface area (Å²) < 4.78 is 0. The van der Waals surface area contributed by atoms with Crippen molar-refractivity contribution >= 4 is 11.4 Å². The van der Waals surface area contributed by atoms with Gasteiger partial charge in [0.1, 0.15) is 0 Å². The third-order valence-electron chi connectivity index (χ3n) is 3.37. The molecule has 18 heavy (non-hydrogen) atoms. The predicted molar refractivity (Wildman–Crippen MR) is 81.0 cm³/mol. The van der Waals surface area contributed by atoms with Gasteiger partial charge < -0.3 is 16.0 Å². The van der Waals surface area contributed by atoms with Crippen molar-refractivity contribution in [2.45, 2.75) is 39.7 Å². The summed E-state index contributed by atoms with van der Waals surface area (Å²) in [5.74, 6) is 0. The lowest BCUT2D eigenvalue weighted by Crippen LogP contribution is -2.25. The minimum Gasteiger partial charge on any atom is -0.397 e. The zero-order valence-electron chi connectivity index (χ0n) is 11.9. The Balaban J connectivity index is 2.30. The van der Waals surface area contributed by atoms with Crippen molar-refractivity contribution in [2.24, 2.45) is 0 Å². The normalized spacial score (nSPS) is 12.7. The Morgan fingerprint density at radius 3 is 2.50 bits per heavy atom. The number of rotatable bonds is 8. The Morgan fingerprint density at radius 1 is 1.22 bits per heavy atom. The first kappa shape index (κ1) is 14.8. The SMILES string of the molecule is CCN(CC)CCCC(C)Nc1ccccc1N. The molecule has 0 radical (unpaired) electrons. The number of para-hydroxylation sites is 2. The molecule has 0 bridgehead atoms. The number of nitrogens with zero attached hydrogens (tertiary/aromatic N) is 1. The number of nitrogen functional groups attached to an aromatic ring is 1. The fourth-order valence-corrected chi connectivity index (χ4v) is 2.13. The molecular formula is C15H27N3. The monoisotopic (exact) mass is 249 g/mol. The van der Waals surface area contributed by atoms with Gasteiger partial charge in [0.25, 0.3) is 0 Å². The van der Waals surface area contributed by atoms with Crippen LogP contribution in [0.1, 0.15) is 33.6 Å². The van der Waals surface area contributed by atoms with E-state index in [0.717, 1.165) is 24.5 Å². The van der Waals surface area contributed by atoms with Crippen LogP contribution in [0.5, 0.6) is 0 Å². The maximum Gasteiger partial charge on any atom is 0.0575 e. The number of hydrogen-bond donors (Lipinski definition) is 2. The van der Waals surface area contributed by atoms with E-state index >= 15 is 0 Å². The van der Waals surface area contributed by atoms with Gasteiger partial charge in [0.2, 0.25) is 0 Å². The van der Waals surface area contributed by atoms with E-state index in [9.17, 15) is 0 Å². The minimum atomic E-state index is 0.463. The molecule has 1 aromatic rings. The van der Waals surface area contributed by atoms with Crippen molar-refractivity contribution < 1.29 is 0 Å². The number of nitrogens with two attached hydrogens (primary N) is 1. The summed E-state index contributed by atoms with van der Waals surface area (Å²) in [6.07, 6.45) is 2.40. The average molecular weight is 249 g/mol. The predicted octanol–water partition coefficient (Wildman–Crippen LogP) is 3.19. The molecule has 0 spiro atoms. The summed E-state index contributed by atoms with van der Waals surface area (Å²) >= 11 is 0. The van der Waals surface area contributed by atoms with Crippen LogP contribution in [-0.4, -0.2) is 30.6 Å². The van der Waals surface area contributed by atoms with Gasteiger partial charge in [0.05, 0.1) is 11.4 Å². The van der Waals surface area contributed by atoms with Crippen LogP contribution in [0.2, 0.25) is 0 Å². The molecule has 0 heterocycles. The molecule has 0 aromatic heterocycles. The topological polar surface area (TPSA) is 41.3 Å². The van der Waals surface area contributed by atoms with Crippen LogP contribution in [0.3, 0.4) is 0 Å². The van der Waals surface area contributed by atoms with Gasteiger partial charge in [-0.15, -0.1) is 0 Å². The standard InChI is InChI=1S/C15H27N3/c1-4-18(5-2)12-8-9-13(3)17-15-11-7-6-10-14(15)16/h6-7,10-11,13,17H,4-5,8-9,12,16H2,1-3H3. The lowest BCUT2D eigenvalue weighted by Gasteiger charge is -2.20. The molecule has 0 aliphatic heterocycles. The highest BCUT2D eigenvalue weighted by Crippen LogP contribution is 2.18. The third-order valence-corrected chi connectivity index (χ3v) is 3.37. The second-order valence-electron chi connectivity index (χ2n) is 4.80. The van der Waals surface area contributed by atoms with E-state index in [1.54, 1.807) is 0 Å². The van der Waals surface area contributed by atoms with E-state index in [2.05, 4.69) is 31.0 Å². The molecule has 3 N–H and O–H groups in total. The number of nitrogens with one attached hydrogen (secondary N) is 1. The van der Waals surface area contributed by atoms with E-state index in [0.29, 0.717) is 6.04 Å². The molecule has 3 nitrogen and oxygen atoms in total. The van der Waals surface area contributed by atoms with Crippen LogP contribution in [0.25, 0.3) is 0 Å². The highest BCUT2D eigenvalue weighted by atomic mass is 15.1. The van der Waals surface area contributed by atoms with Crippen LogP contribution >= 0.6 is 0 Å². The molecule has 1 unspecified atom stereocenters. The molecule has 0 aliphatic carbocycles. The van der Waals surface area contributed by atoms with E-state index in [-0.39, 0.29) is 0 Å². The molecule has 0 saturated heterocycles. The lowest BCUT2D eigenvalue weighted by atomic mass is 10.1. The van der Waals surface area contributed by atoms with Gasteiger partial charge in [0.15, 0.2) is 0 Å². The smallest absolute Gasteiger partial charge is 0.0575 e. The van der Waals surface area contributed by atoms with Crippen molar-refractivity contribution in [2.75, 3.05) is 30.7 Å². The van der Waals surface area contributed by atoms with Gasteiger partial charge in [-0.25, -0.2) is 0 Å². The summed E-state index contributed by atoms with van der Waals surface area (Å²) in [6, 6.07) is 8.42. The molecule has 3 heteroatoms. The first-order valence-electron chi connectivity index (χ1n) is 7.00. The summed E-state index contributed by atoms with van der Waals surface area (Å²) in [7, 11) is 0. The van der Waals surface area contributed by atoms with Gasteiger partial charge >= 0.3 is 0 Å². The molecule has 1 aromatic carbocycles. The molecule has 102 valence electrons. The zero-order valence-corrected chi connectivity index (χ0v) is 11.9. The van der Waals surface area contributed by atoms with Crippen molar-refractivity contribution in [1.82, 2.24) is 4.90 Å². The first-order valence-corrected chi connectivity index (χ1v) is 7.00. The maximum absolute atomic E-state index is 5.92. The van der Waals surface area contributed by atoms with E-state index < -0.39 is 0 Å². The van der Waals surface area contributed by atoms with Crippen LogP contribution in [0.4, 0.5) is 11.4 Å². The zero-order chi connectivity index (χ0) is 13.4. The van der Waals surface area contributed by atoms with Gasteiger partial charge in [0, 0.05) is 6.04 Å². The highest BCUT2D eigenvalue weighted by molar-refractivity contribution is 5.65. The van der Waals surface area contributed by atoms with E-state index in [1.165, 1.54) is 19.4 Å². The molecule has 0 saturated carbocycles. The summed E-state index contributed by atoms with van der Waals surface area (Å²) in [5, 5.41) is 3.48. The second kappa shape index (κ2) is 7.98. The maximum atomic E-state index is 5.92. The van der Waals surface area contributed by atoms with Crippen molar-refractivity contribution in [3.05, 3.63) is 24.3 Å². The van der Waals surface area contributed by atoms with Gasteiger partial charge in [-0.3, -0.25) is 0 Å². The molecule has 1 atom stereocenters. The van der Waals surface area contributed by atoms with Crippen molar-refractivity contribution in [3.63, 3.8) is 0 Å². The van der Waals surface area contributed by atoms with Gasteiger partial charge in [-0.05, 0) is 51.5 Å². The summed E-state index contributed by atoms with van der Waals surface area (Å²) in [6.45, 7) is 10.1. The summed E-state index contributed by atoms with van der Waals surface area (Å²) in [4.78, 5) is 2.46. The second-order valence-corrected chi connectivity index (χ2v) is 4.80. The van der Waals surface area contributed by atoms with Crippen molar-refractivity contribution in [3.8, 4) is 0 Å². The van der Waals surface area contributed by atoms with Crippen LogP contribution < -0.4 is 11.1 Å². The van der Waals surface area contributed by atoms with Crippen molar-refractivity contribution in [1.29, 1.82) is 0 Å². The van der Waals surface area contributed by atoms with Gasteiger partial charge in [-0.2, -0.15) is 0 Å². The Morgan fingerprint density at radius 2 is 1.89 bits per heavy atom. The van der Waals surface area contributed by atoms with Crippen LogP contribution in [-0.2, 0) is 0 Å². The largest absolute Gasteiger partial charge is 0.397 e. The fourth-order valence-electron chi connectivity index (χ4n) is 2.13. The molecule has 0 fully saturated rings. The number of hydrogen-bond acceptors (Lipinski definition) is 3. The number of benzene rings is 1. The lowest BCUT2D eigenvalue weighted by molar-refractivity contribution is 0.295. The van der Waals surface area contributed by atoms with E-state index in [1.807, 2.05) is 24.3 Å². The third kappa shape index (κ3) is 4.96. The first-order chi connectivity index (χ1) is 8.67. The molecule has 0 aliphatic rings. The van der Waals surface area contributed by atoms with Crippen LogP contribution in [0.15, 0.2) is 24.3 Å². The Labute approximate surface area is 111 Å². The minimum absolute atomic E-state index is 0.463.